The molecule has 2 rings (SSSR count). The summed E-state index contributed by atoms with van der Waals surface area (Å²) in [5, 5.41) is 3.06. The highest BCUT2D eigenvalue weighted by Crippen LogP contribution is 2.40. The van der Waals surface area contributed by atoms with Crippen molar-refractivity contribution in [1.29, 1.82) is 0 Å². The molecule has 0 spiro atoms. The van der Waals surface area contributed by atoms with Gasteiger partial charge in [-0.15, -0.1) is 0 Å². The first-order valence-corrected chi connectivity index (χ1v) is 11.9. The molecule has 0 bridgehead atoms. The molecule has 1 amide bonds. The Morgan fingerprint density at radius 1 is 1.21 bits per heavy atom. The number of hydrogen-bond acceptors (Lipinski definition) is 4. The minimum absolute atomic E-state index is 0.0125. The van der Waals surface area contributed by atoms with Crippen LogP contribution in [0, 0.1) is 11.8 Å². The number of Topliss-reactive ketones (excluding diaryl/α,β-unsaturated/α-hetero) is 1. The van der Waals surface area contributed by atoms with Gasteiger partial charge in [-0.05, 0) is 44.3 Å². The smallest absolute Gasteiger partial charge is 0.228 e. The highest BCUT2D eigenvalue weighted by Gasteiger charge is 2.52. The SMILES string of the molecule is COC1CCC[C@H]([C@H]2NC(=O)[C@@H]2C(C)O[Si](C)(C)C(C)(C)C)C1=O. The van der Waals surface area contributed by atoms with Crippen molar-refractivity contribution in [3.05, 3.63) is 0 Å². The van der Waals surface area contributed by atoms with Crippen LogP contribution >= 0.6 is 0 Å². The van der Waals surface area contributed by atoms with Crippen LogP contribution in [-0.2, 0) is 18.8 Å². The van der Waals surface area contributed by atoms with Crippen molar-refractivity contribution in [2.24, 2.45) is 11.8 Å². The van der Waals surface area contributed by atoms with Crippen LogP contribution in [0.25, 0.3) is 0 Å². The van der Waals surface area contributed by atoms with E-state index in [1.807, 2.05) is 6.92 Å². The van der Waals surface area contributed by atoms with E-state index in [0.717, 1.165) is 19.3 Å². The van der Waals surface area contributed by atoms with Crippen LogP contribution in [0.3, 0.4) is 0 Å². The van der Waals surface area contributed by atoms with Crippen LogP contribution in [0.2, 0.25) is 18.1 Å². The zero-order chi connectivity index (χ0) is 18.3. The molecule has 5 atom stereocenters. The van der Waals surface area contributed by atoms with E-state index < -0.39 is 8.32 Å². The van der Waals surface area contributed by atoms with Crippen molar-refractivity contribution >= 4 is 20.0 Å². The van der Waals surface area contributed by atoms with Crippen LogP contribution in [0.15, 0.2) is 0 Å². The van der Waals surface area contributed by atoms with Crippen molar-refractivity contribution in [1.82, 2.24) is 5.32 Å². The maximum absolute atomic E-state index is 12.6. The first-order chi connectivity index (χ1) is 11.0. The number of ketones is 1. The normalized spacial score (nSPS) is 33.0. The van der Waals surface area contributed by atoms with Gasteiger partial charge < -0.3 is 14.5 Å². The van der Waals surface area contributed by atoms with Crippen molar-refractivity contribution in [2.45, 2.75) is 83.3 Å². The molecule has 0 radical (unpaired) electrons. The molecule has 0 aromatic carbocycles. The van der Waals surface area contributed by atoms with Crippen molar-refractivity contribution < 1.29 is 18.8 Å². The summed E-state index contributed by atoms with van der Waals surface area (Å²) in [6.45, 7) is 13.0. The molecule has 1 aliphatic carbocycles. The zero-order valence-corrected chi connectivity index (χ0v) is 17.1. The molecule has 24 heavy (non-hydrogen) atoms. The van der Waals surface area contributed by atoms with Gasteiger partial charge >= 0.3 is 0 Å². The second kappa shape index (κ2) is 6.88. The van der Waals surface area contributed by atoms with Gasteiger partial charge in [0.15, 0.2) is 14.1 Å². The molecule has 1 N–H and O–H groups in total. The molecule has 1 heterocycles. The van der Waals surface area contributed by atoms with Gasteiger partial charge in [0.25, 0.3) is 0 Å². The number of β-lactam (4-membered cyclic amide) rings is 1. The summed E-state index contributed by atoms with van der Waals surface area (Å²) in [4.78, 5) is 24.8. The van der Waals surface area contributed by atoms with Crippen LogP contribution in [0.5, 0.6) is 0 Å². The second-order valence-electron chi connectivity index (χ2n) is 8.81. The average molecular weight is 356 g/mol. The Balaban J connectivity index is 2.09. The van der Waals surface area contributed by atoms with Gasteiger partial charge in [-0.1, -0.05) is 20.8 Å². The predicted molar refractivity (Wildman–Crippen MR) is 96.3 cm³/mol. The zero-order valence-electron chi connectivity index (χ0n) is 16.1. The third-order valence-corrected chi connectivity index (χ3v) is 10.7. The van der Waals surface area contributed by atoms with Crippen molar-refractivity contribution in [3.8, 4) is 0 Å². The summed E-state index contributed by atoms with van der Waals surface area (Å²) >= 11 is 0. The predicted octanol–water partition coefficient (Wildman–Crippen LogP) is 2.90. The number of hydrogen-bond donors (Lipinski definition) is 1. The van der Waals surface area contributed by atoms with Crippen LogP contribution < -0.4 is 5.32 Å². The number of rotatable bonds is 5. The second-order valence-corrected chi connectivity index (χ2v) is 13.6. The molecular weight excluding hydrogens is 322 g/mol. The standard InChI is InChI=1S/C18H33NO4Si/c1-11(23-24(6,7)18(2,3)4)14-15(19-17(14)21)12-9-8-10-13(22-5)16(12)20/h11-15H,8-10H2,1-7H3,(H,19,21)/t11?,12-,13?,14-,15-/m1/s1. The largest absolute Gasteiger partial charge is 0.413 e. The van der Waals surface area contributed by atoms with Gasteiger partial charge in [-0.3, -0.25) is 9.59 Å². The number of carbonyl (C=O) groups is 2. The highest BCUT2D eigenvalue weighted by atomic mass is 28.4. The number of methoxy groups -OCH3 is 1. The van der Waals surface area contributed by atoms with E-state index in [2.05, 4.69) is 39.2 Å². The molecule has 2 fully saturated rings. The van der Waals surface area contributed by atoms with Gasteiger partial charge in [-0.2, -0.15) is 0 Å². The topological polar surface area (TPSA) is 64.6 Å². The Morgan fingerprint density at radius 3 is 2.33 bits per heavy atom. The fourth-order valence-corrected chi connectivity index (χ4v) is 5.05. The monoisotopic (exact) mass is 355 g/mol. The lowest BCUT2D eigenvalue weighted by atomic mass is 9.71. The fraction of sp³-hybridized carbons (Fsp3) is 0.889. The van der Waals surface area contributed by atoms with Gasteiger partial charge in [0, 0.05) is 13.0 Å². The van der Waals surface area contributed by atoms with Crippen LogP contribution in [-0.4, -0.2) is 45.4 Å². The summed E-state index contributed by atoms with van der Waals surface area (Å²) in [6.07, 6.45) is 2.09. The van der Waals surface area contributed by atoms with Crippen molar-refractivity contribution in [3.63, 3.8) is 0 Å². The number of carbonyl (C=O) groups excluding carboxylic acids is 2. The first-order valence-electron chi connectivity index (χ1n) is 9.04. The number of ether oxygens (including phenoxy) is 1. The summed E-state index contributed by atoms with van der Waals surface area (Å²) in [5.41, 5.74) is 0. The van der Waals surface area contributed by atoms with Gasteiger partial charge in [0.2, 0.25) is 5.91 Å². The van der Waals surface area contributed by atoms with E-state index in [1.165, 1.54) is 0 Å². The van der Waals surface area contributed by atoms with Crippen molar-refractivity contribution in [2.75, 3.05) is 7.11 Å². The molecule has 1 aliphatic heterocycles. The minimum Gasteiger partial charge on any atom is -0.413 e. The Morgan fingerprint density at radius 2 is 1.83 bits per heavy atom. The minimum atomic E-state index is -1.95. The summed E-state index contributed by atoms with van der Waals surface area (Å²) < 4.78 is 11.7. The number of amides is 1. The lowest BCUT2D eigenvalue weighted by Crippen LogP contribution is -2.68. The van der Waals surface area contributed by atoms with Gasteiger partial charge in [0.05, 0.1) is 18.1 Å². The highest BCUT2D eigenvalue weighted by molar-refractivity contribution is 6.74. The Hall–Kier alpha value is -0.723. The molecular formula is C18H33NO4Si. The lowest BCUT2D eigenvalue weighted by Gasteiger charge is -2.48. The Labute approximate surface area is 147 Å². The van der Waals surface area contributed by atoms with E-state index in [0.29, 0.717) is 0 Å². The quantitative estimate of drug-likeness (QED) is 0.608. The Bertz CT molecular complexity index is 500. The molecule has 138 valence electrons. The first kappa shape index (κ1) is 19.6. The summed E-state index contributed by atoms with van der Waals surface area (Å²) in [7, 11) is -0.361. The van der Waals surface area contributed by atoms with Crippen LogP contribution in [0.4, 0.5) is 0 Å². The molecule has 1 saturated carbocycles. The Kier molecular flexibility index (Phi) is 5.62. The molecule has 6 heteroatoms. The molecule has 2 unspecified atom stereocenters. The average Bonchev–Trinajstić information content (AvgIpc) is 2.43. The third-order valence-electron chi connectivity index (χ3n) is 6.17. The molecule has 0 aromatic heterocycles. The van der Waals surface area contributed by atoms with Gasteiger partial charge in [-0.25, -0.2) is 0 Å². The molecule has 1 saturated heterocycles. The molecule has 0 aromatic rings. The maximum Gasteiger partial charge on any atom is 0.228 e. The molecule has 5 nitrogen and oxygen atoms in total. The van der Waals surface area contributed by atoms with E-state index in [9.17, 15) is 9.59 Å². The number of nitrogens with one attached hydrogen (secondary N) is 1. The lowest BCUT2D eigenvalue weighted by molar-refractivity contribution is -0.149. The van der Waals surface area contributed by atoms with E-state index >= 15 is 0 Å². The third kappa shape index (κ3) is 3.60. The van der Waals surface area contributed by atoms with Crippen LogP contribution in [0.1, 0.15) is 47.0 Å². The fourth-order valence-electron chi connectivity index (χ4n) is 3.62. The van der Waals surface area contributed by atoms with E-state index in [4.69, 9.17) is 9.16 Å². The summed E-state index contributed by atoms with van der Waals surface area (Å²) in [6, 6.07) is -0.109. The maximum atomic E-state index is 12.6. The summed E-state index contributed by atoms with van der Waals surface area (Å²) in [5.74, 6) is -0.225. The van der Waals surface area contributed by atoms with E-state index in [-0.39, 0.29) is 46.8 Å². The van der Waals surface area contributed by atoms with Gasteiger partial charge in [0.1, 0.15) is 6.10 Å². The molecule has 2 aliphatic rings. The van der Waals surface area contributed by atoms with E-state index in [1.54, 1.807) is 7.11 Å².